The molecule has 2 N–H and O–H groups in total. The van der Waals surface area contributed by atoms with Gasteiger partial charge in [0.2, 0.25) is 0 Å². The van der Waals surface area contributed by atoms with E-state index in [9.17, 15) is 9.90 Å². The lowest BCUT2D eigenvalue weighted by Gasteiger charge is -2.29. The summed E-state index contributed by atoms with van der Waals surface area (Å²) >= 11 is 0. The summed E-state index contributed by atoms with van der Waals surface area (Å²) in [6.07, 6.45) is 3.22. The zero-order valence-electron chi connectivity index (χ0n) is 14.5. The molecular weight excluding hydrogens is 332 g/mol. The fourth-order valence-corrected chi connectivity index (χ4v) is 2.98. The van der Waals surface area contributed by atoms with Crippen molar-refractivity contribution in [3.63, 3.8) is 0 Å². The van der Waals surface area contributed by atoms with Gasteiger partial charge in [0.1, 0.15) is 17.6 Å². The first-order valence-corrected chi connectivity index (χ1v) is 8.56. The Morgan fingerprint density at radius 3 is 2.62 bits per heavy atom. The van der Waals surface area contributed by atoms with Crippen molar-refractivity contribution < 1.29 is 14.6 Å². The Morgan fingerprint density at radius 2 is 2.00 bits per heavy atom. The standard InChI is InChI=1S/C19H20N4O3/c1-12-2-9-17(23-22-12)19(25)21-14-4-7-15(8-5-14)26-16-6-3-13(11-20)18(24)10-16/h2-3,6,9-10,14-15,24H,4-5,7-8H2,1H3,(H,21,25). The number of nitriles is 1. The molecule has 0 bridgehead atoms. The monoisotopic (exact) mass is 352 g/mol. The summed E-state index contributed by atoms with van der Waals surface area (Å²) in [6, 6.07) is 10.1. The summed E-state index contributed by atoms with van der Waals surface area (Å²) in [5.74, 6) is 0.257. The number of nitrogens with one attached hydrogen (secondary N) is 1. The van der Waals surface area contributed by atoms with E-state index in [0.717, 1.165) is 31.4 Å². The van der Waals surface area contributed by atoms with Gasteiger partial charge in [-0.1, -0.05) is 0 Å². The van der Waals surface area contributed by atoms with Gasteiger partial charge >= 0.3 is 0 Å². The van der Waals surface area contributed by atoms with Crippen molar-refractivity contribution in [2.75, 3.05) is 0 Å². The quantitative estimate of drug-likeness (QED) is 0.875. The van der Waals surface area contributed by atoms with Gasteiger partial charge in [-0.15, -0.1) is 5.10 Å². The highest BCUT2D eigenvalue weighted by Crippen LogP contribution is 2.27. The number of ether oxygens (including phenoxy) is 1. The third-order valence-corrected chi connectivity index (χ3v) is 4.43. The number of phenolic OH excluding ortho intramolecular Hbond substituents is 1. The number of carbonyl (C=O) groups excluding carboxylic acids is 1. The van der Waals surface area contributed by atoms with Gasteiger partial charge in [-0.25, -0.2) is 0 Å². The maximum absolute atomic E-state index is 12.2. The van der Waals surface area contributed by atoms with E-state index in [2.05, 4.69) is 15.5 Å². The molecule has 1 aromatic heterocycles. The van der Waals surface area contributed by atoms with Crippen LogP contribution >= 0.6 is 0 Å². The van der Waals surface area contributed by atoms with Crippen LogP contribution in [0.15, 0.2) is 30.3 Å². The molecule has 1 amide bonds. The van der Waals surface area contributed by atoms with Gasteiger partial charge in [0.15, 0.2) is 5.69 Å². The number of aryl methyl sites for hydroxylation is 1. The summed E-state index contributed by atoms with van der Waals surface area (Å²) in [5, 5.41) is 29.4. The van der Waals surface area contributed by atoms with Crippen molar-refractivity contribution >= 4 is 5.91 Å². The van der Waals surface area contributed by atoms with Gasteiger partial charge < -0.3 is 15.2 Å². The first kappa shape index (κ1) is 17.7. The average Bonchev–Trinajstić information content (AvgIpc) is 2.64. The molecule has 1 aromatic carbocycles. The molecule has 134 valence electrons. The highest BCUT2D eigenvalue weighted by molar-refractivity contribution is 5.92. The van der Waals surface area contributed by atoms with Crippen molar-refractivity contribution in [3.05, 3.63) is 47.3 Å². The second-order valence-corrected chi connectivity index (χ2v) is 6.42. The molecule has 1 saturated carbocycles. The largest absolute Gasteiger partial charge is 0.506 e. The van der Waals surface area contributed by atoms with Crippen LogP contribution in [-0.2, 0) is 0 Å². The molecule has 26 heavy (non-hydrogen) atoms. The molecule has 0 atom stereocenters. The molecule has 1 aliphatic carbocycles. The van der Waals surface area contributed by atoms with Crippen LogP contribution in [0.5, 0.6) is 11.5 Å². The third kappa shape index (κ3) is 4.28. The maximum Gasteiger partial charge on any atom is 0.272 e. The van der Waals surface area contributed by atoms with Crippen LogP contribution in [0.1, 0.15) is 47.4 Å². The van der Waals surface area contributed by atoms with Gasteiger partial charge in [-0.05, 0) is 56.9 Å². The Balaban J connectivity index is 1.49. The minimum absolute atomic E-state index is 0.0228. The molecule has 1 aliphatic rings. The predicted molar refractivity (Wildman–Crippen MR) is 93.7 cm³/mol. The first-order chi connectivity index (χ1) is 12.5. The average molecular weight is 352 g/mol. The first-order valence-electron chi connectivity index (χ1n) is 8.56. The summed E-state index contributed by atoms with van der Waals surface area (Å²) in [4.78, 5) is 12.2. The van der Waals surface area contributed by atoms with Crippen molar-refractivity contribution in [3.8, 4) is 17.6 Å². The van der Waals surface area contributed by atoms with E-state index >= 15 is 0 Å². The fraction of sp³-hybridized carbons (Fsp3) is 0.368. The number of rotatable bonds is 4. The van der Waals surface area contributed by atoms with Crippen LogP contribution in [0.25, 0.3) is 0 Å². The zero-order valence-corrected chi connectivity index (χ0v) is 14.5. The SMILES string of the molecule is Cc1ccc(C(=O)NC2CCC(Oc3ccc(C#N)c(O)c3)CC2)nn1. The minimum atomic E-state index is -0.209. The molecule has 7 heteroatoms. The van der Waals surface area contributed by atoms with Gasteiger partial charge in [0.25, 0.3) is 5.91 Å². The van der Waals surface area contributed by atoms with Gasteiger partial charge in [0.05, 0.1) is 17.4 Å². The Labute approximate surface area is 151 Å². The Kier molecular flexibility index (Phi) is 5.32. The van der Waals surface area contributed by atoms with Gasteiger partial charge in [0, 0.05) is 12.1 Å². The van der Waals surface area contributed by atoms with Crippen molar-refractivity contribution in [2.45, 2.75) is 44.8 Å². The fourth-order valence-electron chi connectivity index (χ4n) is 2.98. The summed E-state index contributed by atoms with van der Waals surface area (Å²) in [6.45, 7) is 1.82. The molecule has 1 fully saturated rings. The number of nitrogens with zero attached hydrogens (tertiary/aromatic N) is 3. The molecule has 0 spiro atoms. The van der Waals surface area contributed by atoms with E-state index < -0.39 is 0 Å². The van der Waals surface area contributed by atoms with E-state index in [1.54, 1.807) is 24.3 Å². The van der Waals surface area contributed by atoms with E-state index in [-0.39, 0.29) is 29.4 Å². The summed E-state index contributed by atoms with van der Waals surface area (Å²) in [5.41, 5.74) is 1.32. The second kappa shape index (κ2) is 7.83. The smallest absolute Gasteiger partial charge is 0.272 e. The molecule has 0 saturated heterocycles. The highest BCUT2D eigenvalue weighted by atomic mass is 16.5. The van der Waals surface area contributed by atoms with E-state index in [4.69, 9.17) is 10.00 Å². The number of aromatic nitrogens is 2. The third-order valence-electron chi connectivity index (χ3n) is 4.43. The number of hydrogen-bond acceptors (Lipinski definition) is 6. The van der Waals surface area contributed by atoms with Crippen molar-refractivity contribution in [1.29, 1.82) is 5.26 Å². The van der Waals surface area contributed by atoms with Crippen LogP contribution < -0.4 is 10.1 Å². The van der Waals surface area contributed by atoms with Crippen LogP contribution in [0, 0.1) is 18.3 Å². The number of benzene rings is 1. The molecule has 1 heterocycles. The number of hydrogen-bond donors (Lipinski definition) is 2. The lowest BCUT2D eigenvalue weighted by molar-refractivity contribution is 0.0887. The normalized spacial score (nSPS) is 19.4. The lowest BCUT2D eigenvalue weighted by Crippen LogP contribution is -2.40. The lowest BCUT2D eigenvalue weighted by atomic mass is 9.92. The van der Waals surface area contributed by atoms with Crippen LogP contribution in [0.2, 0.25) is 0 Å². The van der Waals surface area contributed by atoms with E-state index in [0.29, 0.717) is 11.4 Å². The maximum atomic E-state index is 12.2. The predicted octanol–water partition coefficient (Wildman–Crippen LogP) is 2.48. The molecule has 7 nitrogen and oxygen atoms in total. The molecule has 0 radical (unpaired) electrons. The van der Waals surface area contributed by atoms with Crippen molar-refractivity contribution in [1.82, 2.24) is 15.5 Å². The van der Waals surface area contributed by atoms with Crippen LogP contribution in [0.4, 0.5) is 0 Å². The molecule has 0 unspecified atom stereocenters. The van der Waals surface area contributed by atoms with Gasteiger partial charge in [-0.2, -0.15) is 10.4 Å². The summed E-state index contributed by atoms with van der Waals surface area (Å²) in [7, 11) is 0. The Bertz CT molecular complexity index is 822. The second-order valence-electron chi connectivity index (χ2n) is 6.42. The topological polar surface area (TPSA) is 108 Å². The molecule has 3 rings (SSSR count). The molecule has 2 aromatic rings. The number of amides is 1. The highest BCUT2D eigenvalue weighted by Gasteiger charge is 2.24. The summed E-state index contributed by atoms with van der Waals surface area (Å²) < 4.78 is 5.88. The van der Waals surface area contributed by atoms with Gasteiger partial charge in [-0.3, -0.25) is 4.79 Å². The van der Waals surface area contributed by atoms with E-state index in [1.165, 1.54) is 6.07 Å². The Hall–Kier alpha value is -3.14. The zero-order chi connectivity index (χ0) is 18.5. The Morgan fingerprint density at radius 1 is 1.23 bits per heavy atom. The number of aromatic hydroxyl groups is 1. The number of phenols is 1. The number of carbonyl (C=O) groups is 1. The molecule has 0 aliphatic heterocycles. The van der Waals surface area contributed by atoms with E-state index in [1.807, 2.05) is 13.0 Å². The van der Waals surface area contributed by atoms with Crippen LogP contribution in [-0.4, -0.2) is 33.4 Å². The molecular formula is C19H20N4O3. The minimum Gasteiger partial charge on any atom is -0.506 e. The van der Waals surface area contributed by atoms with Crippen molar-refractivity contribution in [2.24, 2.45) is 0 Å². The van der Waals surface area contributed by atoms with Crippen LogP contribution in [0.3, 0.4) is 0 Å².